The number of rotatable bonds is 6. The molecule has 0 saturated heterocycles. The molecule has 7 heteroatoms. The van der Waals surface area contributed by atoms with Crippen molar-refractivity contribution in [1.82, 2.24) is 25.0 Å². The van der Waals surface area contributed by atoms with Gasteiger partial charge < -0.3 is 14.4 Å². The minimum absolute atomic E-state index is 0.128. The smallest absolute Gasteiger partial charge is 0.246 e. The Hall–Kier alpha value is -4.26. The number of nitrogens with one attached hydrogen (secondary N) is 1. The average molecular weight is 423 g/mol. The standard InChI is InChI=1S/C25H21N5O2/c1-30-16-27-20-14-19(12-13-21(20)30)24-28-22(32-29-24)15-26-25(31)23(17-8-4-2-5-9-17)18-10-6-3-7-11-18/h2-14,16,23H,15H2,1H3,(H,26,31). The lowest BCUT2D eigenvalue weighted by atomic mass is 9.90. The monoisotopic (exact) mass is 423 g/mol. The van der Waals surface area contributed by atoms with E-state index in [1.165, 1.54) is 0 Å². The van der Waals surface area contributed by atoms with Crippen LogP contribution < -0.4 is 5.32 Å². The second kappa shape index (κ2) is 8.47. The molecule has 7 nitrogen and oxygen atoms in total. The number of aryl methyl sites for hydroxylation is 1. The summed E-state index contributed by atoms with van der Waals surface area (Å²) in [5.74, 6) is 0.252. The summed E-state index contributed by atoms with van der Waals surface area (Å²) < 4.78 is 7.33. The van der Waals surface area contributed by atoms with Crippen LogP contribution >= 0.6 is 0 Å². The summed E-state index contributed by atoms with van der Waals surface area (Å²) in [6, 6.07) is 25.2. The number of amides is 1. The molecular weight excluding hydrogens is 402 g/mol. The molecule has 1 N–H and O–H groups in total. The second-order valence-corrected chi connectivity index (χ2v) is 7.54. The number of nitrogens with zero attached hydrogens (tertiary/aromatic N) is 4. The van der Waals surface area contributed by atoms with Crippen LogP contribution in [0.4, 0.5) is 0 Å². The number of carbonyl (C=O) groups excluding carboxylic acids is 1. The Morgan fingerprint density at radius 2 is 1.69 bits per heavy atom. The Bertz CT molecular complexity index is 1320. The van der Waals surface area contributed by atoms with Gasteiger partial charge in [-0.2, -0.15) is 4.98 Å². The molecule has 0 aliphatic carbocycles. The molecule has 0 fully saturated rings. The molecule has 0 atom stereocenters. The fraction of sp³-hybridized carbons (Fsp3) is 0.120. The van der Waals surface area contributed by atoms with Crippen LogP contribution in [0.25, 0.3) is 22.4 Å². The maximum atomic E-state index is 13.1. The van der Waals surface area contributed by atoms with Crippen molar-refractivity contribution in [2.24, 2.45) is 7.05 Å². The number of carbonyl (C=O) groups is 1. The molecule has 0 aliphatic rings. The van der Waals surface area contributed by atoms with Crippen molar-refractivity contribution in [3.05, 3.63) is 102 Å². The van der Waals surface area contributed by atoms with E-state index in [-0.39, 0.29) is 12.5 Å². The van der Waals surface area contributed by atoms with Crippen molar-refractivity contribution in [2.75, 3.05) is 0 Å². The summed E-state index contributed by atoms with van der Waals surface area (Å²) in [5.41, 5.74) is 4.54. The van der Waals surface area contributed by atoms with Crippen molar-refractivity contribution in [3.8, 4) is 11.4 Å². The highest BCUT2D eigenvalue weighted by molar-refractivity contribution is 5.87. The van der Waals surface area contributed by atoms with Crippen LogP contribution in [0.3, 0.4) is 0 Å². The molecule has 158 valence electrons. The first kappa shape index (κ1) is 19.7. The van der Waals surface area contributed by atoms with Crippen molar-refractivity contribution in [1.29, 1.82) is 0 Å². The van der Waals surface area contributed by atoms with Crippen LogP contribution in [0.15, 0.2) is 89.7 Å². The third-order valence-electron chi connectivity index (χ3n) is 5.39. The predicted octanol–water partition coefficient (Wildman–Crippen LogP) is 4.07. The van der Waals surface area contributed by atoms with Crippen LogP contribution in [0, 0.1) is 0 Å². The van der Waals surface area contributed by atoms with Crippen LogP contribution in [0.5, 0.6) is 0 Å². The summed E-state index contributed by atoms with van der Waals surface area (Å²) in [5, 5.41) is 7.01. The SMILES string of the molecule is Cn1cnc2cc(-c3noc(CNC(=O)C(c4ccccc4)c4ccccc4)n3)ccc21. The molecule has 0 bridgehead atoms. The van der Waals surface area contributed by atoms with E-state index >= 15 is 0 Å². The van der Waals surface area contributed by atoms with E-state index in [9.17, 15) is 4.79 Å². The second-order valence-electron chi connectivity index (χ2n) is 7.54. The van der Waals surface area contributed by atoms with Gasteiger partial charge >= 0.3 is 0 Å². The van der Waals surface area contributed by atoms with Gasteiger partial charge in [0.05, 0.1) is 29.8 Å². The topological polar surface area (TPSA) is 85.8 Å². The maximum absolute atomic E-state index is 13.1. The normalized spacial score (nSPS) is 11.2. The Morgan fingerprint density at radius 1 is 1.00 bits per heavy atom. The number of benzene rings is 3. The molecule has 5 aromatic rings. The van der Waals surface area contributed by atoms with E-state index in [4.69, 9.17) is 4.52 Å². The first-order valence-electron chi connectivity index (χ1n) is 10.3. The molecular formula is C25H21N5O2. The van der Waals surface area contributed by atoms with Gasteiger partial charge in [-0.1, -0.05) is 65.8 Å². The fourth-order valence-electron chi connectivity index (χ4n) is 3.77. The Balaban J connectivity index is 1.33. The van der Waals surface area contributed by atoms with E-state index < -0.39 is 5.92 Å². The van der Waals surface area contributed by atoms with Crippen LogP contribution in [-0.2, 0) is 18.4 Å². The van der Waals surface area contributed by atoms with Crippen LogP contribution in [-0.4, -0.2) is 25.6 Å². The van der Waals surface area contributed by atoms with E-state index in [0.717, 1.165) is 27.7 Å². The largest absolute Gasteiger partial charge is 0.346 e. The van der Waals surface area contributed by atoms with E-state index in [1.54, 1.807) is 6.33 Å². The fourth-order valence-corrected chi connectivity index (χ4v) is 3.77. The van der Waals surface area contributed by atoms with Gasteiger partial charge in [-0.25, -0.2) is 4.98 Å². The van der Waals surface area contributed by atoms with Crippen molar-refractivity contribution in [3.63, 3.8) is 0 Å². The van der Waals surface area contributed by atoms with E-state index in [0.29, 0.717) is 11.7 Å². The number of aromatic nitrogens is 4. The predicted molar refractivity (Wildman–Crippen MR) is 121 cm³/mol. The van der Waals surface area contributed by atoms with Gasteiger partial charge in [0, 0.05) is 12.6 Å². The Kier molecular flexibility index (Phi) is 5.21. The van der Waals surface area contributed by atoms with E-state index in [1.807, 2.05) is 90.5 Å². The lowest BCUT2D eigenvalue weighted by Crippen LogP contribution is -2.29. The molecule has 3 aromatic carbocycles. The van der Waals surface area contributed by atoms with Gasteiger partial charge in [0.25, 0.3) is 0 Å². The number of hydrogen-bond acceptors (Lipinski definition) is 5. The van der Waals surface area contributed by atoms with Crippen molar-refractivity contribution >= 4 is 16.9 Å². The minimum Gasteiger partial charge on any atom is -0.346 e. The van der Waals surface area contributed by atoms with Gasteiger partial charge in [-0.05, 0) is 29.3 Å². The summed E-state index contributed by atoms with van der Waals surface area (Å²) >= 11 is 0. The quantitative estimate of drug-likeness (QED) is 0.445. The molecule has 0 unspecified atom stereocenters. The number of fused-ring (bicyclic) bond motifs is 1. The molecule has 0 aliphatic heterocycles. The zero-order chi connectivity index (χ0) is 21.9. The molecule has 0 radical (unpaired) electrons. The first-order chi connectivity index (χ1) is 15.7. The van der Waals surface area contributed by atoms with Crippen LogP contribution in [0.2, 0.25) is 0 Å². The highest BCUT2D eigenvalue weighted by Crippen LogP contribution is 2.25. The van der Waals surface area contributed by atoms with Gasteiger partial charge in [0.2, 0.25) is 17.6 Å². The third-order valence-corrected chi connectivity index (χ3v) is 5.39. The molecule has 0 spiro atoms. The first-order valence-corrected chi connectivity index (χ1v) is 10.3. The molecule has 32 heavy (non-hydrogen) atoms. The zero-order valence-corrected chi connectivity index (χ0v) is 17.5. The Labute approximate surface area is 184 Å². The van der Waals surface area contributed by atoms with Gasteiger partial charge in [0.1, 0.15) is 0 Å². The van der Waals surface area contributed by atoms with Crippen molar-refractivity contribution in [2.45, 2.75) is 12.5 Å². The van der Waals surface area contributed by atoms with Gasteiger partial charge in [0.15, 0.2) is 0 Å². The summed E-state index contributed by atoms with van der Waals surface area (Å²) in [6.07, 6.45) is 1.77. The molecule has 2 heterocycles. The minimum atomic E-state index is -0.425. The van der Waals surface area contributed by atoms with Crippen LogP contribution in [0.1, 0.15) is 22.9 Å². The highest BCUT2D eigenvalue weighted by atomic mass is 16.5. The average Bonchev–Trinajstić information content (AvgIpc) is 3.46. The number of imidazole rings is 1. The maximum Gasteiger partial charge on any atom is 0.246 e. The molecule has 1 amide bonds. The summed E-state index contributed by atoms with van der Waals surface area (Å²) in [6.45, 7) is 0.147. The van der Waals surface area contributed by atoms with Gasteiger partial charge in [-0.3, -0.25) is 4.79 Å². The zero-order valence-electron chi connectivity index (χ0n) is 17.5. The highest BCUT2D eigenvalue weighted by Gasteiger charge is 2.23. The molecule has 5 rings (SSSR count). The van der Waals surface area contributed by atoms with Crippen molar-refractivity contribution < 1.29 is 9.32 Å². The third kappa shape index (κ3) is 3.88. The lowest BCUT2D eigenvalue weighted by molar-refractivity contribution is -0.122. The molecule has 0 saturated carbocycles. The summed E-state index contributed by atoms with van der Waals surface area (Å²) in [7, 11) is 1.95. The lowest BCUT2D eigenvalue weighted by Gasteiger charge is -2.17. The Morgan fingerprint density at radius 3 is 2.38 bits per heavy atom. The van der Waals surface area contributed by atoms with E-state index in [2.05, 4.69) is 20.4 Å². The summed E-state index contributed by atoms with van der Waals surface area (Å²) in [4.78, 5) is 21.9. The molecule has 2 aromatic heterocycles. The van der Waals surface area contributed by atoms with Gasteiger partial charge in [-0.15, -0.1) is 0 Å². The number of hydrogen-bond donors (Lipinski definition) is 1.